The monoisotopic (exact) mass is 208 g/mol. The molecule has 1 rings (SSSR count). The second-order valence-electron chi connectivity index (χ2n) is 3.10. The predicted molar refractivity (Wildman–Crippen MR) is 58.9 cm³/mol. The molecule has 3 N–H and O–H groups in total. The van der Waals surface area contributed by atoms with Gasteiger partial charge in [-0.25, -0.2) is 0 Å². The lowest BCUT2D eigenvalue weighted by molar-refractivity contribution is 0.0952. The molecule has 0 aromatic heterocycles. The van der Waals surface area contributed by atoms with E-state index in [4.69, 9.17) is 10.5 Å². The molecular weight excluding hydrogens is 192 g/mol. The van der Waals surface area contributed by atoms with E-state index in [0.29, 0.717) is 24.4 Å². The first-order chi connectivity index (χ1) is 7.22. The molecule has 82 valence electrons. The van der Waals surface area contributed by atoms with Gasteiger partial charge in [0.1, 0.15) is 5.75 Å². The van der Waals surface area contributed by atoms with Crippen molar-refractivity contribution < 1.29 is 9.53 Å². The Bertz CT molecular complexity index is 350. The van der Waals surface area contributed by atoms with Crippen LogP contribution in [0.1, 0.15) is 22.8 Å². The Morgan fingerprint density at radius 3 is 2.80 bits per heavy atom. The number of hydrogen-bond acceptors (Lipinski definition) is 3. The Kier molecular flexibility index (Phi) is 4.12. The van der Waals surface area contributed by atoms with Gasteiger partial charge in [0, 0.05) is 13.1 Å². The van der Waals surface area contributed by atoms with Crippen LogP contribution in [0.4, 0.5) is 0 Å². The van der Waals surface area contributed by atoms with Crippen LogP contribution in [-0.2, 0) is 6.54 Å². The van der Waals surface area contributed by atoms with Gasteiger partial charge in [0.15, 0.2) is 0 Å². The quantitative estimate of drug-likeness (QED) is 0.772. The fourth-order valence-corrected chi connectivity index (χ4v) is 1.32. The van der Waals surface area contributed by atoms with E-state index in [1.165, 1.54) is 0 Å². The summed E-state index contributed by atoms with van der Waals surface area (Å²) >= 11 is 0. The molecule has 0 aliphatic rings. The summed E-state index contributed by atoms with van der Waals surface area (Å²) in [5, 5.41) is 2.73. The highest BCUT2D eigenvalue weighted by Crippen LogP contribution is 2.19. The first kappa shape index (κ1) is 11.5. The molecule has 0 aliphatic heterocycles. The summed E-state index contributed by atoms with van der Waals surface area (Å²) in [6.45, 7) is 2.88. The lowest BCUT2D eigenvalue weighted by Crippen LogP contribution is -2.23. The van der Waals surface area contributed by atoms with E-state index < -0.39 is 0 Å². The minimum Gasteiger partial charge on any atom is -0.496 e. The van der Waals surface area contributed by atoms with Gasteiger partial charge in [-0.1, -0.05) is 6.07 Å². The predicted octanol–water partition coefficient (Wildman–Crippen LogP) is 0.904. The van der Waals surface area contributed by atoms with E-state index in [0.717, 1.165) is 5.56 Å². The van der Waals surface area contributed by atoms with Crippen LogP contribution in [0.15, 0.2) is 18.2 Å². The molecule has 0 atom stereocenters. The molecule has 0 saturated carbocycles. The molecule has 0 unspecified atom stereocenters. The Balaban J connectivity index is 3.05. The highest BCUT2D eigenvalue weighted by molar-refractivity contribution is 5.97. The maximum Gasteiger partial charge on any atom is 0.255 e. The minimum atomic E-state index is -0.135. The standard InChI is InChI=1S/C11H16N2O2/c1-3-13-11(14)9-6-8(7-12)4-5-10(9)15-2/h4-6H,3,7,12H2,1-2H3,(H,13,14). The molecule has 1 aromatic carbocycles. The SMILES string of the molecule is CCNC(=O)c1cc(CN)ccc1OC. The third-order valence-corrected chi connectivity index (χ3v) is 2.08. The number of benzene rings is 1. The molecule has 4 heteroatoms. The molecule has 0 spiro atoms. The third kappa shape index (κ3) is 2.70. The maximum absolute atomic E-state index is 11.7. The Hall–Kier alpha value is -1.55. The van der Waals surface area contributed by atoms with Crippen molar-refractivity contribution in [1.82, 2.24) is 5.32 Å². The number of methoxy groups -OCH3 is 1. The number of nitrogens with two attached hydrogens (primary N) is 1. The van der Waals surface area contributed by atoms with Crippen LogP contribution in [0.2, 0.25) is 0 Å². The van der Waals surface area contributed by atoms with Crippen LogP contribution in [0, 0.1) is 0 Å². The summed E-state index contributed by atoms with van der Waals surface area (Å²) in [6.07, 6.45) is 0. The molecule has 15 heavy (non-hydrogen) atoms. The van der Waals surface area contributed by atoms with Crippen molar-refractivity contribution in [2.75, 3.05) is 13.7 Å². The molecule has 1 amide bonds. The number of carbonyl (C=O) groups is 1. The van der Waals surface area contributed by atoms with Gasteiger partial charge < -0.3 is 15.8 Å². The van der Waals surface area contributed by atoms with Crippen molar-refractivity contribution in [3.05, 3.63) is 29.3 Å². The fourth-order valence-electron chi connectivity index (χ4n) is 1.32. The first-order valence-electron chi connectivity index (χ1n) is 4.88. The van der Waals surface area contributed by atoms with Crippen LogP contribution in [-0.4, -0.2) is 19.6 Å². The van der Waals surface area contributed by atoms with Crippen molar-refractivity contribution >= 4 is 5.91 Å². The van der Waals surface area contributed by atoms with E-state index in [1.54, 1.807) is 19.2 Å². The second-order valence-corrected chi connectivity index (χ2v) is 3.10. The molecule has 0 bridgehead atoms. The van der Waals surface area contributed by atoms with Gasteiger partial charge in [-0.05, 0) is 24.6 Å². The lowest BCUT2D eigenvalue weighted by Gasteiger charge is -2.09. The molecular formula is C11H16N2O2. The van der Waals surface area contributed by atoms with E-state index in [1.807, 2.05) is 13.0 Å². The molecule has 0 radical (unpaired) electrons. The Morgan fingerprint density at radius 2 is 2.27 bits per heavy atom. The van der Waals surface area contributed by atoms with Gasteiger partial charge in [-0.3, -0.25) is 4.79 Å². The second kappa shape index (κ2) is 5.36. The van der Waals surface area contributed by atoms with Crippen LogP contribution in [0.5, 0.6) is 5.75 Å². The van der Waals surface area contributed by atoms with Gasteiger partial charge in [0.2, 0.25) is 0 Å². The Morgan fingerprint density at radius 1 is 1.53 bits per heavy atom. The summed E-state index contributed by atoms with van der Waals surface area (Å²) in [5.74, 6) is 0.433. The molecule has 0 fully saturated rings. The topological polar surface area (TPSA) is 64.4 Å². The summed E-state index contributed by atoms with van der Waals surface area (Å²) in [6, 6.07) is 5.36. The zero-order valence-corrected chi connectivity index (χ0v) is 9.04. The van der Waals surface area contributed by atoms with E-state index in [2.05, 4.69) is 5.32 Å². The summed E-state index contributed by atoms with van der Waals surface area (Å²) in [4.78, 5) is 11.7. The van der Waals surface area contributed by atoms with Crippen molar-refractivity contribution in [2.45, 2.75) is 13.5 Å². The average Bonchev–Trinajstić information content (AvgIpc) is 2.28. The smallest absolute Gasteiger partial charge is 0.255 e. The molecule has 4 nitrogen and oxygen atoms in total. The van der Waals surface area contributed by atoms with Crippen LogP contribution in [0.3, 0.4) is 0 Å². The van der Waals surface area contributed by atoms with Gasteiger partial charge in [0.05, 0.1) is 12.7 Å². The zero-order chi connectivity index (χ0) is 11.3. The maximum atomic E-state index is 11.7. The lowest BCUT2D eigenvalue weighted by atomic mass is 10.1. The van der Waals surface area contributed by atoms with Gasteiger partial charge in [-0.15, -0.1) is 0 Å². The van der Waals surface area contributed by atoms with Crippen LogP contribution in [0.25, 0.3) is 0 Å². The number of nitrogens with one attached hydrogen (secondary N) is 1. The summed E-state index contributed by atoms with van der Waals surface area (Å²) in [7, 11) is 1.54. The number of amides is 1. The zero-order valence-electron chi connectivity index (χ0n) is 9.04. The third-order valence-electron chi connectivity index (χ3n) is 2.08. The molecule has 0 heterocycles. The van der Waals surface area contributed by atoms with Gasteiger partial charge in [0.25, 0.3) is 5.91 Å². The fraction of sp³-hybridized carbons (Fsp3) is 0.364. The summed E-state index contributed by atoms with van der Waals surface area (Å²) < 4.78 is 5.11. The van der Waals surface area contributed by atoms with E-state index in [9.17, 15) is 4.79 Å². The van der Waals surface area contributed by atoms with Crippen LogP contribution >= 0.6 is 0 Å². The number of hydrogen-bond donors (Lipinski definition) is 2. The molecule has 0 aliphatic carbocycles. The molecule has 0 saturated heterocycles. The number of carbonyl (C=O) groups excluding carboxylic acids is 1. The average molecular weight is 208 g/mol. The number of rotatable bonds is 4. The van der Waals surface area contributed by atoms with Crippen molar-refractivity contribution in [3.63, 3.8) is 0 Å². The minimum absolute atomic E-state index is 0.135. The normalized spacial score (nSPS) is 9.80. The molecule has 1 aromatic rings. The first-order valence-corrected chi connectivity index (χ1v) is 4.88. The largest absolute Gasteiger partial charge is 0.496 e. The summed E-state index contributed by atoms with van der Waals surface area (Å²) in [5.41, 5.74) is 6.96. The highest BCUT2D eigenvalue weighted by atomic mass is 16.5. The van der Waals surface area contributed by atoms with Crippen molar-refractivity contribution in [1.29, 1.82) is 0 Å². The van der Waals surface area contributed by atoms with E-state index in [-0.39, 0.29) is 5.91 Å². The van der Waals surface area contributed by atoms with Crippen LogP contribution < -0.4 is 15.8 Å². The van der Waals surface area contributed by atoms with Crippen molar-refractivity contribution in [3.8, 4) is 5.75 Å². The van der Waals surface area contributed by atoms with E-state index >= 15 is 0 Å². The van der Waals surface area contributed by atoms with Gasteiger partial charge >= 0.3 is 0 Å². The number of ether oxygens (including phenoxy) is 1. The van der Waals surface area contributed by atoms with Gasteiger partial charge in [-0.2, -0.15) is 0 Å². The Labute approximate surface area is 89.4 Å². The van der Waals surface area contributed by atoms with Crippen molar-refractivity contribution in [2.24, 2.45) is 5.73 Å². The highest BCUT2D eigenvalue weighted by Gasteiger charge is 2.11.